The number of nitrogens with one attached hydrogen (secondary N) is 1. The number of para-hydroxylation sites is 1. The quantitative estimate of drug-likeness (QED) is 0.618. The summed E-state index contributed by atoms with van der Waals surface area (Å²) >= 11 is 0. The Kier molecular flexibility index (Phi) is 7.29. The van der Waals surface area contributed by atoms with E-state index in [1.54, 1.807) is 12.1 Å². The van der Waals surface area contributed by atoms with Crippen LogP contribution in [0.3, 0.4) is 0 Å². The second-order valence-electron chi connectivity index (χ2n) is 11.6. The first-order valence-electron chi connectivity index (χ1n) is 12.9. The molecule has 1 aliphatic carbocycles. The lowest BCUT2D eigenvalue weighted by Gasteiger charge is -2.35. The normalized spacial score (nSPS) is 25.6. The molecule has 3 aliphatic rings. The van der Waals surface area contributed by atoms with Crippen molar-refractivity contribution in [3.8, 4) is 0 Å². The number of ether oxygens (including phenoxy) is 1. The molecule has 3 atom stereocenters. The van der Waals surface area contributed by atoms with Crippen molar-refractivity contribution in [2.45, 2.75) is 83.4 Å². The second kappa shape index (κ2) is 10.1. The minimum Gasteiger partial charge on any atom is -0.480 e. The van der Waals surface area contributed by atoms with E-state index in [2.05, 4.69) is 5.32 Å². The molecule has 0 aromatic heterocycles. The van der Waals surface area contributed by atoms with Crippen LogP contribution in [0, 0.1) is 11.3 Å². The number of nitrogens with zero attached hydrogens (tertiary/aromatic N) is 2. The Labute approximate surface area is 212 Å². The predicted octanol–water partition coefficient (Wildman–Crippen LogP) is 3.57. The van der Waals surface area contributed by atoms with Gasteiger partial charge in [-0.2, -0.15) is 0 Å². The molecule has 9 heteroatoms. The first-order chi connectivity index (χ1) is 17.0. The maximum Gasteiger partial charge on any atom is 0.415 e. The van der Waals surface area contributed by atoms with Crippen LogP contribution in [-0.2, 0) is 19.1 Å². The van der Waals surface area contributed by atoms with Crippen LogP contribution < -0.4 is 10.2 Å². The van der Waals surface area contributed by atoms with Crippen molar-refractivity contribution in [3.05, 3.63) is 30.3 Å². The summed E-state index contributed by atoms with van der Waals surface area (Å²) in [4.78, 5) is 54.4. The summed E-state index contributed by atoms with van der Waals surface area (Å²) in [5.41, 5.74) is -1.11. The molecule has 1 saturated carbocycles. The Balaban J connectivity index is 1.52. The number of hydrogen-bond donors (Lipinski definition) is 2. The molecule has 0 bridgehead atoms. The lowest BCUT2D eigenvalue weighted by atomic mass is 9.84. The minimum atomic E-state index is -1.16. The van der Waals surface area contributed by atoms with Gasteiger partial charge < -0.3 is 20.1 Å². The zero-order chi connectivity index (χ0) is 26.1. The molecule has 2 heterocycles. The number of carboxylic acid groups (broad SMARTS) is 1. The van der Waals surface area contributed by atoms with E-state index in [1.807, 2.05) is 39.0 Å². The fourth-order valence-corrected chi connectivity index (χ4v) is 5.71. The molecule has 1 aromatic carbocycles. The van der Waals surface area contributed by atoms with Gasteiger partial charge in [-0.25, -0.2) is 9.59 Å². The third kappa shape index (κ3) is 5.50. The molecule has 1 unspecified atom stereocenters. The number of benzene rings is 1. The maximum atomic E-state index is 13.8. The largest absolute Gasteiger partial charge is 0.480 e. The Morgan fingerprint density at radius 1 is 1.11 bits per heavy atom. The number of likely N-dealkylation sites (tertiary alicyclic amines) is 1. The third-order valence-electron chi connectivity index (χ3n) is 7.62. The van der Waals surface area contributed by atoms with Gasteiger partial charge >= 0.3 is 12.1 Å². The first-order valence-corrected chi connectivity index (χ1v) is 12.9. The van der Waals surface area contributed by atoms with Crippen LogP contribution in [0.1, 0.15) is 65.7 Å². The van der Waals surface area contributed by atoms with Gasteiger partial charge in [-0.3, -0.25) is 14.5 Å². The topological polar surface area (TPSA) is 116 Å². The number of rotatable bonds is 6. The third-order valence-corrected chi connectivity index (χ3v) is 7.62. The molecule has 3 fully saturated rings. The van der Waals surface area contributed by atoms with Crippen molar-refractivity contribution in [2.75, 3.05) is 18.0 Å². The van der Waals surface area contributed by atoms with Gasteiger partial charge in [-0.1, -0.05) is 58.2 Å². The monoisotopic (exact) mass is 499 g/mol. The fraction of sp³-hybridized carbons (Fsp3) is 0.630. The van der Waals surface area contributed by atoms with E-state index in [0.29, 0.717) is 18.0 Å². The zero-order valence-corrected chi connectivity index (χ0v) is 21.4. The van der Waals surface area contributed by atoms with Crippen molar-refractivity contribution in [1.29, 1.82) is 0 Å². The molecular formula is C27H37N3O6. The summed E-state index contributed by atoms with van der Waals surface area (Å²) in [7, 11) is 0. The molecule has 36 heavy (non-hydrogen) atoms. The van der Waals surface area contributed by atoms with Crippen molar-refractivity contribution in [1.82, 2.24) is 10.2 Å². The van der Waals surface area contributed by atoms with Gasteiger partial charge in [0.2, 0.25) is 11.8 Å². The summed E-state index contributed by atoms with van der Waals surface area (Å²) in [6, 6.07) is 6.97. The summed E-state index contributed by atoms with van der Waals surface area (Å²) < 4.78 is 5.73. The van der Waals surface area contributed by atoms with Gasteiger partial charge in [0.15, 0.2) is 5.60 Å². The summed E-state index contributed by atoms with van der Waals surface area (Å²) in [6.45, 7) is 5.67. The van der Waals surface area contributed by atoms with E-state index >= 15 is 0 Å². The number of aliphatic carboxylic acids is 1. The van der Waals surface area contributed by atoms with Gasteiger partial charge in [0.05, 0.1) is 13.1 Å². The molecule has 196 valence electrons. The van der Waals surface area contributed by atoms with Crippen molar-refractivity contribution in [2.24, 2.45) is 11.3 Å². The molecule has 4 rings (SSSR count). The van der Waals surface area contributed by atoms with Crippen molar-refractivity contribution >= 4 is 29.6 Å². The average molecular weight is 500 g/mol. The zero-order valence-electron chi connectivity index (χ0n) is 21.4. The Hall–Kier alpha value is -3.10. The van der Waals surface area contributed by atoms with Gasteiger partial charge in [-0.05, 0) is 36.3 Å². The highest BCUT2D eigenvalue weighted by Crippen LogP contribution is 2.39. The molecule has 1 spiro atoms. The molecule has 2 N–H and O–H groups in total. The number of carbonyl (C=O) groups excluding carboxylic acids is 3. The van der Waals surface area contributed by atoms with Crippen LogP contribution >= 0.6 is 0 Å². The molecule has 1 aromatic rings. The van der Waals surface area contributed by atoms with Crippen LogP contribution in [0.25, 0.3) is 0 Å². The van der Waals surface area contributed by atoms with E-state index in [0.717, 1.165) is 25.7 Å². The van der Waals surface area contributed by atoms with Crippen LogP contribution in [0.4, 0.5) is 10.5 Å². The SMILES string of the molecule is CC(C)(C)C(NC(=O)CC1CCCCC1)C(=O)N1C[C@@]2(C[C@H]1C(=O)O)CN(c1ccccc1)C(=O)O2. The van der Waals surface area contributed by atoms with Crippen LogP contribution in [0.15, 0.2) is 30.3 Å². The van der Waals surface area contributed by atoms with E-state index in [9.17, 15) is 24.3 Å². The van der Waals surface area contributed by atoms with E-state index < -0.39 is 41.1 Å². The first kappa shape index (κ1) is 26.0. The molecule has 0 radical (unpaired) electrons. The molecular weight excluding hydrogens is 462 g/mol. The van der Waals surface area contributed by atoms with Crippen LogP contribution in [0.2, 0.25) is 0 Å². The highest BCUT2D eigenvalue weighted by atomic mass is 16.6. The van der Waals surface area contributed by atoms with Crippen molar-refractivity contribution < 1.29 is 29.0 Å². The van der Waals surface area contributed by atoms with E-state index in [-0.39, 0.29) is 25.4 Å². The number of hydrogen-bond acceptors (Lipinski definition) is 5. The highest BCUT2D eigenvalue weighted by molar-refractivity contribution is 5.93. The Bertz CT molecular complexity index is 1000. The number of anilines is 1. The Morgan fingerprint density at radius 2 is 1.78 bits per heavy atom. The van der Waals surface area contributed by atoms with Gasteiger partial charge in [0, 0.05) is 18.5 Å². The van der Waals surface area contributed by atoms with Crippen LogP contribution in [-0.4, -0.2) is 64.7 Å². The molecule has 2 saturated heterocycles. The fourth-order valence-electron chi connectivity index (χ4n) is 5.71. The molecule has 2 aliphatic heterocycles. The standard InChI is InChI=1S/C27H37N3O6/c1-26(2,3)22(28-21(31)14-18-10-6-4-7-11-18)23(32)30-17-27(15-20(30)24(33)34)16-29(25(35)36-27)19-12-8-5-9-13-19/h5,8-9,12-13,18,20,22H,4,6-7,10-11,14-17H2,1-3H3,(H,28,31)(H,33,34)/t20-,22?,27+/m0/s1. The molecule has 9 nitrogen and oxygen atoms in total. The van der Waals surface area contributed by atoms with E-state index in [4.69, 9.17) is 4.74 Å². The second-order valence-corrected chi connectivity index (χ2v) is 11.6. The number of carbonyl (C=O) groups is 4. The predicted molar refractivity (Wildman–Crippen MR) is 133 cm³/mol. The Morgan fingerprint density at radius 3 is 2.39 bits per heavy atom. The lowest BCUT2D eigenvalue weighted by Crippen LogP contribution is -2.57. The summed E-state index contributed by atoms with van der Waals surface area (Å²) in [5, 5.41) is 12.9. The highest BCUT2D eigenvalue weighted by Gasteiger charge is 2.57. The average Bonchev–Trinajstić information content (AvgIpc) is 3.37. The van der Waals surface area contributed by atoms with E-state index in [1.165, 1.54) is 16.2 Å². The number of amides is 3. The maximum absolute atomic E-state index is 13.8. The number of carboxylic acids is 1. The molecule has 3 amide bonds. The van der Waals surface area contributed by atoms with Gasteiger partial charge in [0.25, 0.3) is 0 Å². The lowest BCUT2D eigenvalue weighted by molar-refractivity contribution is -0.150. The van der Waals surface area contributed by atoms with Gasteiger partial charge in [0.1, 0.15) is 12.1 Å². The van der Waals surface area contributed by atoms with Gasteiger partial charge in [-0.15, -0.1) is 0 Å². The minimum absolute atomic E-state index is 0.00394. The summed E-state index contributed by atoms with van der Waals surface area (Å²) in [6.07, 6.45) is 5.27. The van der Waals surface area contributed by atoms with Crippen molar-refractivity contribution in [3.63, 3.8) is 0 Å². The summed E-state index contributed by atoms with van der Waals surface area (Å²) in [5.74, 6) is -1.48. The van der Waals surface area contributed by atoms with Crippen LogP contribution in [0.5, 0.6) is 0 Å². The smallest absolute Gasteiger partial charge is 0.415 e.